The summed E-state index contributed by atoms with van der Waals surface area (Å²) in [6, 6.07) is 8.49. The number of amides is 1. The molecule has 2 aromatic heterocycles. The maximum absolute atomic E-state index is 13.4. The van der Waals surface area contributed by atoms with Gasteiger partial charge in [0.25, 0.3) is 5.91 Å². The van der Waals surface area contributed by atoms with Crippen molar-refractivity contribution in [2.24, 2.45) is 5.92 Å². The van der Waals surface area contributed by atoms with Crippen LogP contribution in [0.3, 0.4) is 0 Å². The number of pyridine rings is 1. The van der Waals surface area contributed by atoms with E-state index in [9.17, 15) is 9.90 Å². The van der Waals surface area contributed by atoms with Gasteiger partial charge >= 0.3 is 0 Å². The van der Waals surface area contributed by atoms with Crippen molar-refractivity contribution < 1.29 is 9.90 Å². The molecule has 0 spiro atoms. The first kappa shape index (κ1) is 20.9. The molecular weight excluding hydrogens is 400 g/mol. The quantitative estimate of drug-likeness (QED) is 0.598. The lowest BCUT2D eigenvalue weighted by Crippen LogP contribution is -2.35. The van der Waals surface area contributed by atoms with Gasteiger partial charge in [-0.05, 0) is 86.1 Å². The number of aromatic amines is 1. The molecule has 6 nitrogen and oxygen atoms in total. The van der Waals surface area contributed by atoms with Crippen molar-refractivity contribution in [3.8, 4) is 22.6 Å². The minimum absolute atomic E-state index is 0.00783. The van der Waals surface area contributed by atoms with Crippen molar-refractivity contribution in [3.05, 3.63) is 58.5 Å². The van der Waals surface area contributed by atoms with Crippen LogP contribution in [0, 0.1) is 19.8 Å². The van der Waals surface area contributed by atoms with Crippen molar-refractivity contribution in [2.45, 2.75) is 59.0 Å². The summed E-state index contributed by atoms with van der Waals surface area (Å²) in [5.41, 5.74) is 7.62. The van der Waals surface area contributed by atoms with Crippen LogP contribution in [0.2, 0.25) is 0 Å². The Hall–Kier alpha value is -2.99. The van der Waals surface area contributed by atoms with Crippen LogP contribution in [0.4, 0.5) is 0 Å². The van der Waals surface area contributed by atoms with Crippen molar-refractivity contribution >= 4 is 5.91 Å². The fourth-order valence-corrected chi connectivity index (χ4v) is 4.74. The number of carbonyl (C=O) groups is 1. The number of carbonyl (C=O) groups excluding carboxylic acids is 1. The average Bonchev–Trinajstić information content (AvgIpc) is 3.53. The van der Waals surface area contributed by atoms with Gasteiger partial charge in [-0.3, -0.25) is 9.78 Å². The van der Waals surface area contributed by atoms with E-state index in [-0.39, 0.29) is 24.5 Å². The summed E-state index contributed by atoms with van der Waals surface area (Å²) < 4.78 is 0. The fraction of sp³-hybridized carbons (Fsp3) is 0.423. The van der Waals surface area contributed by atoms with E-state index in [0.29, 0.717) is 12.5 Å². The third-order valence-corrected chi connectivity index (χ3v) is 7.13. The smallest absolute Gasteiger partial charge is 0.255 e. The lowest BCUT2D eigenvalue weighted by atomic mass is 9.89. The van der Waals surface area contributed by atoms with Gasteiger partial charge in [0.05, 0.1) is 5.69 Å². The number of imidazole rings is 1. The summed E-state index contributed by atoms with van der Waals surface area (Å²) in [4.78, 5) is 27.8. The maximum atomic E-state index is 13.4. The molecule has 1 aromatic carbocycles. The number of fused-ring (bicyclic) bond motifs is 1. The third-order valence-electron chi connectivity index (χ3n) is 7.13. The van der Waals surface area contributed by atoms with Crippen LogP contribution in [-0.4, -0.2) is 43.5 Å². The molecule has 3 aromatic rings. The molecule has 1 aliphatic carbocycles. The number of hydrogen-bond acceptors (Lipinski definition) is 4. The van der Waals surface area contributed by atoms with E-state index in [0.717, 1.165) is 50.7 Å². The highest BCUT2D eigenvalue weighted by Crippen LogP contribution is 2.41. The van der Waals surface area contributed by atoms with Gasteiger partial charge in [0.15, 0.2) is 5.82 Å². The molecule has 1 fully saturated rings. The van der Waals surface area contributed by atoms with Gasteiger partial charge < -0.3 is 15.0 Å². The monoisotopic (exact) mass is 430 g/mol. The average molecular weight is 431 g/mol. The molecule has 1 saturated carbocycles. The van der Waals surface area contributed by atoms with E-state index in [2.05, 4.69) is 34.0 Å². The second kappa shape index (κ2) is 7.85. The number of hydrogen-bond donors (Lipinski definition) is 2. The number of nitrogens with one attached hydrogen (secondary N) is 1. The zero-order valence-electron chi connectivity index (χ0n) is 19.1. The summed E-state index contributed by atoms with van der Waals surface area (Å²) in [6.45, 7) is 8.77. The molecular formula is C26H30N4O2. The van der Waals surface area contributed by atoms with Gasteiger partial charge in [0.2, 0.25) is 0 Å². The Balaban J connectivity index is 1.57. The molecule has 2 aliphatic rings. The van der Waals surface area contributed by atoms with Crippen LogP contribution in [0.25, 0.3) is 22.6 Å². The Morgan fingerprint density at radius 1 is 1.19 bits per heavy atom. The highest BCUT2D eigenvalue weighted by molar-refractivity contribution is 6.01. The first-order chi connectivity index (χ1) is 15.4. The summed E-state index contributed by atoms with van der Waals surface area (Å²) in [6.07, 6.45) is 4.21. The van der Waals surface area contributed by atoms with Crippen LogP contribution in [0.15, 0.2) is 30.5 Å². The Bertz CT molecular complexity index is 1180. The van der Waals surface area contributed by atoms with E-state index in [1.807, 2.05) is 37.8 Å². The Kier molecular flexibility index (Phi) is 5.13. The number of nitrogens with zero attached hydrogens (tertiary/aromatic N) is 3. The Morgan fingerprint density at radius 2 is 1.97 bits per heavy atom. The van der Waals surface area contributed by atoms with Crippen molar-refractivity contribution in [1.29, 1.82) is 0 Å². The number of benzene rings is 1. The number of rotatable bonds is 6. The van der Waals surface area contributed by atoms with Crippen LogP contribution >= 0.6 is 0 Å². The molecule has 0 radical (unpaired) electrons. The minimum Gasteiger partial charge on any atom is -0.396 e. The second-order valence-corrected chi connectivity index (χ2v) is 9.42. The van der Waals surface area contributed by atoms with E-state index in [1.165, 1.54) is 12.8 Å². The van der Waals surface area contributed by atoms with E-state index in [1.54, 1.807) is 6.20 Å². The predicted octanol–water partition coefficient (Wildman–Crippen LogP) is 4.61. The molecule has 1 aliphatic heterocycles. The molecule has 5 rings (SSSR count). The molecule has 1 unspecified atom stereocenters. The Morgan fingerprint density at radius 3 is 2.62 bits per heavy atom. The summed E-state index contributed by atoms with van der Waals surface area (Å²) in [5.74, 6) is 1.37. The van der Waals surface area contributed by atoms with Crippen LogP contribution in [0.5, 0.6) is 0 Å². The molecule has 1 amide bonds. The van der Waals surface area contributed by atoms with Crippen molar-refractivity contribution in [3.63, 3.8) is 0 Å². The molecule has 2 N–H and O–H groups in total. The summed E-state index contributed by atoms with van der Waals surface area (Å²) in [5, 5.41) is 9.91. The topological polar surface area (TPSA) is 82.1 Å². The van der Waals surface area contributed by atoms with Gasteiger partial charge in [-0.1, -0.05) is 6.92 Å². The van der Waals surface area contributed by atoms with Gasteiger partial charge in [0.1, 0.15) is 5.69 Å². The largest absolute Gasteiger partial charge is 0.396 e. The number of H-pyrrole nitrogens is 1. The number of aryl methyl sites for hydroxylation is 2. The number of aromatic nitrogens is 3. The molecule has 166 valence electrons. The van der Waals surface area contributed by atoms with Crippen LogP contribution in [-0.2, 0) is 6.54 Å². The van der Waals surface area contributed by atoms with E-state index in [4.69, 9.17) is 0 Å². The van der Waals surface area contributed by atoms with Crippen molar-refractivity contribution in [1.82, 2.24) is 19.9 Å². The van der Waals surface area contributed by atoms with Crippen LogP contribution < -0.4 is 0 Å². The molecule has 0 bridgehead atoms. The van der Waals surface area contributed by atoms with Gasteiger partial charge in [0, 0.05) is 42.6 Å². The zero-order valence-corrected chi connectivity index (χ0v) is 19.1. The molecule has 3 heterocycles. The normalized spacial score (nSPS) is 17.5. The SMILES string of the molecule is Cc1nc(-c2cc(-c3cc4c(c(C(C)CO)c3)C(=O)N([C@@H](C)C3CC3)C4)ccn2)[nH]c1C. The zero-order chi connectivity index (χ0) is 22.6. The lowest BCUT2D eigenvalue weighted by molar-refractivity contribution is 0.0696. The standard InChI is InChI=1S/C26H30N4O2/c1-14(13-31)22-10-20(9-21-12-30(26(32)24(21)22)17(4)18-5-6-18)19-7-8-27-23(11-19)25-28-15(2)16(3)29-25/h7-11,14,17-18,31H,5-6,12-13H2,1-4H3,(H,28,29)/t14?,17-/m0/s1. The number of aliphatic hydroxyl groups excluding tert-OH is 1. The highest BCUT2D eigenvalue weighted by atomic mass is 16.3. The molecule has 32 heavy (non-hydrogen) atoms. The fourth-order valence-electron chi connectivity index (χ4n) is 4.74. The number of aliphatic hydroxyl groups is 1. The van der Waals surface area contributed by atoms with Crippen LogP contribution in [0.1, 0.15) is 65.5 Å². The summed E-state index contributed by atoms with van der Waals surface area (Å²) in [7, 11) is 0. The molecule has 0 saturated heterocycles. The highest BCUT2D eigenvalue weighted by Gasteiger charge is 2.40. The molecule has 6 heteroatoms. The molecule has 2 atom stereocenters. The first-order valence-electron chi connectivity index (χ1n) is 11.5. The van der Waals surface area contributed by atoms with E-state index < -0.39 is 0 Å². The first-order valence-corrected chi connectivity index (χ1v) is 11.5. The summed E-state index contributed by atoms with van der Waals surface area (Å²) >= 11 is 0. The van der Waals surface area contributed by atoms with Crippen molar-refractivity contribution in [2.75, 3.05) is 6.61 Å². The van der Waals surface area contributed by atoms with Gasteiger partial charge in [-0.15, -0.1) is 0 Å². The minimum atomic E-state index is -0.111. The van der Waals surface area contributed by atoms with Gasteiger partial charge in [-0.2, -0.15) is 0 Å². The predicted molar refractivity (Wildman–Crippen MR) is 124 cm³/mol. The lowest BCUT2D eigenvalue weighted by Gasteiger charge is -2.24. The Labute approximate surface area is 188 Å². The van der Waals surface area contributed by atoms with E-state index >= 15 is 0 Å². The third kappa shape index (κ3) is 3.52. The maximum Gasteiger partial charge on any atom is 0.255 e. The second-order valence-electron chi connectivity index (χ2n) is 9.42. The van der Waals surface area contributed by atoms with Gasteiger partial charge in [-0.25, -0.2) is 4.98 Å².